The van der Waals surface area contributed by atoms with Gasteiger partial charge in [-0.05, 0) is 18.9 Å². The fourth-order valence-electron chi connectivity index (χ4n) is 2.77. The Bertz CT molecular complexity index is 572. The van der Waals surface area contributed by atoms with E-state index in [0.29, 0.717) is 23.9 Å². The third-order valence-electron chi connectivity index (χ3n) is 3.87. The average Bonchev–Trinajstić information content (AvgIpc) is 2.92. The van der Waals surface area contributed by atoms with Gasteiger partial charge in [-0.1, -0.05) is 0 Å². The van der Waals surface area contributed by atoms with E-state index >= 15 is 0 Å². The van der Waals surface area contributed by atoms with E-state index in [1.165, 1.54) is 0 Å². The minimum Gasteiger partial charge on any atom is -0.372 e. The van der Waals surface area contributed by atoms with Crippen LogP contribution in [0.25, 0.3) is 0 Å². The van der Waals surface area contributed by atoms with Crippen LogP contribution in [0.5, 0.6) is 0 Å². The van der Waals surface area contributed by atoms with Crippen LogP contribution in [0.4, 0.5) is 0 Å². The van der Waals surface area contributed by atoms with E-state index in [2.05, 4.69) is 0 Å². The Morgan fingerprint density at radius 2 is 2.00 bits per heavy atom. The monoisotopic (exact) mass is 304 g/mol. The maximum atomic E-state index is 12.6. The Balaban J connectivity index is 1.89. The predicted molar refractivity (Wildman–Crippen MR) is 71.6 cm³/mol. The van der Waals surface area contributed by atoms with E-state index in [-0.39, 0.29) is 12.2 Å². The molecule has 2 fully saturated rings. The molecule has 7 heteroatoms. The number of morpholine rings is 1. The van der Waals surface area contributed by atoms with Crippen molar-refractivity contribution < 1.29 is 13.2 Å². The quantitative estimate of drug-likeness (QED) is 0.791. The molecule has 106 valence electrons. The molecule has 5 nitrogen and oxygen atoms in total. The molecular weight excluding hydrogens is 288 g/mol. The number of aromatic nitrogens is 1. The third-order valence-corrected chi connectivity index (χ3v) is 5.94. The second-order valence-corrected chi connectivity index (χ2v) is 7.40. The Labute approximate surface area is 118 Å². The van der Waals surface area contributed by atoms with Crippen LogP contribution >= 0.6 is 11.6 Å². The van der Waals surface area contributed by atoms with Crippen LogP contribution in [0.1, 0.15) is 18.5 Å². The summed E-state index contributed by atoms with van der Waals surface area (Å²) >= 11 is 5.79. The van der Waals surface area contributed by atoms with Crippen molar-refractivity contribution in [3.8, 4) is 0 Å². The lowest BCUT2D eigenvalue weighted by atomic mass is 10.2. The first-order valence-corrected chi connectivity index (χ1v) is 8.35. The van der Waals surface area contributed by atoms with E-state index < -0.39 is 10.0 Å². The first-order chi connectivity index (χ1) is 9.00. The number of rotatable bonds is 3. The molecule has 2 bridgehead atoms. The van der Waals surface area contributed by atoms with Crippen molar-refractivity contribution in [2.45, 2.75) is 35.8 Å². The molecule has 1 aromatic rings. The van der Waals surface area contributed by atoms with Gasteiger partial charge in [0.25, 0.3) is 0 Å². The van der Waals surface area contributed by atoms with Gasteiger partial charge in [0.05, 0.1) is 18.1 Å². The lowest BCUT2D eigenvalue weighted by Gasteiger charge is -2.30. The van der Waals surface area contributed by atoms with Crippen molar-refractivity contribution in [2.24, 2.45) is 7.05 Å². The number of halogens is 1. The summed E-state index contributed by atoms with van der Waals surface area (Å²) in [5, 5.41) is 0. The van der Waals surface area contributed by atoms with Crippen LogP contribution in [0, 0.1) is 0 Å². The van der Waals surface area contributed by atoms with Crippen molar-refractivity contribution in [3.05, 3.63) is 18.0 Å². The van der Waals surface area contributed by atoms with Gasteiger partial charge in [-0.15, -0.1) is 11.6 Å². The summed E-state index contributed by atoms with van der Waals surface area (Å²) in [6.07, 6.45) is 3.66. The molecule has 19 heavy (non-hydrogen) atoms. The van der Waals surface area contributed by atoms with Gasteiger partial charge in [0, 0.05) is 32.0 Å². The number of hydrogen-bond donors (Lipinski definition) is 0. The summed E-state index contributed by atoms with van der Waals surface area (Å²) in [5.41, 5.74) is 0.802. The number of sulfonamides is 1. The van der Waals surface area contributed by atoms with E-state index in [1.54, 1.807) is 28.2 Å². The normalized spacial score (nSPS) is 27.9. The summed E-state index contributed by atoms with van der Waals surface area (Å²) in [4.78, 5) is 0.326. The van der Waals surface area contributed by atoms with Crippen LogP contribution in [-0.2, 0) is 27.7 Å². The minimum absolute atomic E-state index is 0.0599. The molecule has 0 radical (unpaired) electrons. The molecule has 1 aromatic heterocycles. The highest BCUT2D eigenvalue weighted by Crippen LogP contribution is 2.30. The Morgan fingerprint density at radius 1 is 1.37 bits per heavy atom. The zero-order valence-electron chi connectivity index (χ0n) is 10.8. The second kappa shape index (κ2) is 4.77. The fourth-order valence-corrected chi connectivity index (χ4v) is 4.64. The molecule has 3 heterocycles. The van der Waals surface area contributed by atoms with Crippen molar-refractivity contribution in [1.29, 1.82) is 0 Å². The van der Waals surface area contributed by atoms with Gasteiger partial charge < -0.3 is 9.30 Å². The Kier molecular flexibility index (Phi) is 3.37. The fraction of sp³-hybridized carbons (Fsp3) is 0.667. The molecule has 3 rings (SSSR count). The molecule has 2 aliphatic rings. The lowest BCUT2D eigenvalue weighted by Crippen LogP contribution is -2.45. The summed E-state index contributed by atoms with van der Waals surface area (Å²) in [5.74, 6) is 0.306. The van der Waals surface area contributed by atoms with Crippen LogP contribution < -0.4 is 0 Å². The summed E-state index contributed by atoms with van der Waals surface area (Å²) in [6, 6.07) is 1.65. The molecule has 0 N–H and O–H groups in total. The zero-order valence-corrected chi connectivity index (χ0v) is 12.3. The number of fused-ring (bicyclic) bond motifs is 2. The van der Waals surface area contributed by atoms with Gasteiger partial charge in [0.2, 0.25) is 10.0 Å². The van der Waals surface area contributed by atoms with E-state index in [0.717, 1.165) is 18.5 Å². The van der Waals surface area contributed by atoms with Gasteiger partial charge in [0.15, 0.2) is 0 Å². The van der Waals surface area contributed by atoms with Crippen LogP contribution in [0.15, 0.2) is 17.2 Å². The Hall–Kier alpha value is -0.560. The maximum absolute atomic E-state index is 12.6. The first-order valence-electron chi connectivity index (χ1n) is 6.37. The molecule has 0 saturated carbocycles. The van der Waals surface area contributed by atoms with Gasteiger partial charge in [0.1, 0.15) is 4.90 Å². The minimum atomic E-state index is -3.43. The predicted octanol–water partition coefficient (Wildman–Crippen LogP) is 1.32. The highest BCUT2D eigenvalue weighted by atomic mass is 35.5. The molecular formula is C12H17ClN2O3S. The largest absolute Gasteiger partial charge is 0.372 e. The zero-order chi connectivity index (χ0) is 13.6. The number of alkyl halides is 1. The summed E-state index contributed by atoms with van der Waals surface area (Å²) in [7, 11) is -1.62. The summed E-state index contributed by atoms with van der Waals surface area (Å²) in [6.45, 7) is 0.924. The molecule has 2 aliphatic heterocycles. The highest BCUT2D eigenvalue weighted by Gasteiger charge is 2.39. The number of nitrogens with zero attached hydrogens (tertiary/aromatic N) is 2. The standard InChI is InChI=1S/C12H17ClN2O3S/c1-14-8-12(4-9(14)5-13)19(16,17)15-6-10-2-3-11(7-15)18-10/h4,8,10-11H,2-3,5-7H2,1H3. The van der Waals surface area contributed by atoms with E-state index in [1.807, 2.05) is 0 Å². The smallest absolute Gasteiger partial charge is 0.244 e. The van der Waals surface area contributed by atoms with Crippen LogP contribution in [-0.4, -0.2) is 42.6 Å². The molecule has 0 aromatic carbocycles. The summed E-state index contributed by atoms with van der Waals surface area (Å²) < 4.78 is 34.2. The molecule has 2 saturated heterocycles. The van der Waals surface area contributed by atoms with Crippen LogP contribution in [0.2, 0.25) is 0 Å². The molecule has 0 spiro atoms. The van der Waals surface area contributed by atoms with Crippen molar-refractivity contribution in [3.63, 3.8) is 0 Å². The second-order valence-electron chi connectivity index (χ2n) is 5.19. The average molecular weight is 305 g/mol. The molecule has 2 unspecified atom stereocenters. The third kappa shape index (κ3) is 2.31. The van der Waals surface area contributed by atoms with Crippen molar-refractivity contribution >= 4 is 21.6 Å². The van der Waals surface area contributed by atoms with E-state index in [4.69, 9.17) is 16.3 Å². The number of hydrogen-bond acceptors (Lipinski definition) is 3. The topological polar surface area (TPSA) is 51.5 Å². The molecule has 0 aliphatic carbocycles. The highest BCUT2D eigenvalue weighted by molar-refractivity contribution is 7.89. The van der Waals surface area contributed by atoms with Gasteiger partial charge in [-0.3, -0.25) is 0 Å². The van der Waals surface area contributed by atoms with Gasteiger partial charge in [-0.2, -0.15) is 4.31 Å². The first kappa shape index (κ1) is 13.4. The lowest BCUT2D eigenvalue weighted by molar-refractivity contribution is -0.0114. The van der Waals surface area contributed by atoms with Crippen molar-refractivity contribution in [1.82, 2.24) is 8.87 Å². The SMILES string of the molecule is Cn1cc(S(=O)(=O)N2CC3CCC(C2)O3)cc1CCl. The van der Waals surface area contributed by atoms with Gasteiger partial charge in [-0.25, -0.2) is 8.42 Å². The Morgan fingerprint density at radius 3 is 2.53 bits per heavy atom. The molecule has 0 amide bonds. The van der Waals surface area contributed by atoms with Crippen molar-refractivity contribution in [2.75, 3.05) is 13.1 Å². The molecule has 2 atom stereocenters. The van der Waals surface area contributed by atoms with E-state index in [9.17, 15) is 8.42 Å². The maximum Gasteiger partial charge on any atom is 0.244 e. The number of ether oxygens (including phenoxy) is 1. The number of aryl methyl sites for hydroxylation is 1. The van der Waals surface area contributed by atoms with Gasteiger partial charge >= 0.3 is 0 Å². The van der Waals surface area contributed by atoms with Crippen LogP contribution in [0.3, 0.4) is 0 Å².